The molecule has 2 atom stereocenters. The fourth-order valence-corrected chi connectivity index (χ4v) is 1.70. The highest BCUT2D eigenvalue weighted by atomic mass is 17.3. The number of rotatable bonds is 5. The molecular formula is C13H13NO4. The maximum Gasteiger partial charge on any atom is 0.318 e. The summed E-state index contributed by atoms with van der Waals surface area (Å²) in [6.07, 6.45) is 1.80. The summed E-state index contributed by atoms with van der Waals surface area (Å²) in [7, 11) is 0. The standard InChI is InChI=1S/C13H13NO4/c14-10-13(11-6-2-1-3-7-11)16-12(17-18-13)8-4-5-9-15/h1-3,6-7,9,12H,4-5,8H2/t12-,13+/m0/s1. The SMILES string of the molecule is N#C[C@]1(c2ccccc2)OO[C@@H](CCCC=O)O1. The molecule has 0 amide bonds. The summed E-state index contributed by atoms with van der Waals surface area (Å²) in [6, 6.07) is 10.9. The van der Waals surface area contributed by atoms with E-state index in [-0.39, 0.29) is 0 Å². The topological polar surface area (TPSA) is 68.5 Å². The zero-order valence-corrected chi connectivity index (χ0v) is 9.74. The van der Waals surface area contributed by atoms with Crippen LogP contribution in [-0.2, 0) is 25.1 Å². The van der Waals surface area contributed by atoms with Gasteiger partial charge in [-0.05, 0) is 6.42 Å². The van der Waals surface area contributed by atoms with Gasteiger partial charge in [0.15, 0.2) is 6.29 Å². The van der Waals surface area contributed by atoms with E-state index in [1.165, 1.54) is 0 Å². The highest BCUT2D eigenvalue weighted by Crippen LogP contribution is 2.35. The summed E-state index contributed by atoms with van der Waals surface area (Å²) >= 11 is 0. The molecular weight excluding hydrogens is 234 g/mol. The van der Waals surface area contributed by atoms with Crippen LogP contribution in [-0.4, -0.2) is 12.6 Å². The second-order valence-corrected chi connectivity index (χ2v) is 3.92. The molecule has 18 heavy (non-hydrogen) atoms. The maximum absolute atomic E-state index is 10.2. The van der Waals surface area contributed by atoms with Gasteiger partial charge in [-0.3, -0.25) is 4.74 Å². The summed E-state index contributed by atoms with van der Waals surface area (Å²) in [5, 5.41) is 9.22. The van der Waals surface area contributed by atoms with Crippen LogP contribution in [0.25, 0.3) is 0 Å². The molecule has 1 aliphatic rings. The van der Waals surface area contributed by atoms with Gasteiger partial charge in [-0.1, -0.05) is 30.3 Å². The Labute approximate surface area is 105 Å². The molecule has 0 saturated carbocycles. The van der Waals surface area contributed by atoms with Crippen molar-refractivity contribution in [3.63, 3.8) is 0 Å². The Kier molecular flexibility index (Phi) is 4.05. The molecule has 1 saturated heterocycles. The minimum Gasteiger partial charge on any atom is -0.303 e. The molecule has 1 aromatic rings. The second-order valence-electron chi connectivity index (χ2n) is 3.92. The Hall–Kier alpha value is -1.74. The number of unbranched alkanes of at least 4 members (excludes halogenated alkanes) is 1. The third kappa shape index (κ3) is 2.57. The van der Waals surface area contributed by atoms with Crippen LogP contribution in [0.1, 0.15) is 24.8 Å². The molecule has 0 bridgehead atoms. The third-order valence-corrected chi connectivity index (χ3v) is 2.63. The molecule has 1 aromatic carbocycles. The Morgan fingerprint density at radius 3 is 2.83 bits per heavy atom. The van der Waals surface area contributed by atoms with E-state index in [9.17, 15) is 10.1 Å². The zero-order valence-electron chi connectivity index (χ0n) is 9.74. The Morgan fingerprint density at radius 1 is 1.39 bits per heavy atom. The first-order valence-electron chi connectivity index (χ1n) is 5.73. The van der Waals surface area contributed by atoms with Gasteiger partial charge in [-0.15, -0.1) is 0 Å². The van der Waals surface area contributed by atoms with Crippen LogP contribution in [0.4, 0.5) is 0 Å². The number of hydrogen-bond acceptors (Lipinski definition) is 5. The molecule has 0 radical (unpaired) electrons. The predicted octanol–water partition coefficient (Wildman–Crippen LogP) is 2.04. The van der Waals surface area contributed by atoms with Gasteiger partial charge in [0.25, 0.3) is 0 Å². The lowest BCUT2D eigenvalue weighted by atomic mass is 10.1. The van der Waals surface area contributed by atoms with Gasteiger partial charge in [-0.25, -0.2) is 0 Å². The molecule has 0 aliphatic carbocycles. The van der Waals surface area contributed by atoms with Crippen LogP contribution in [0.5, 0.6) is 0 Å². The van der Waals surface area contributed by atoms with Gasteiger partial charge in [0.1, 0.15) is 12.4 Å². The molecule has 1 fully saturated rings. The molecule has 0 N–H and O–H groups in total. The van der Waals surface area contributed by atoms with Crippen molar-refractivity contribution in [1.29, 1.82) is 5.26 Å². The van der Waals surface area contributed by atoms with Crippen molar-refractivity contribution >= 4 is 6.29 Å². The van der Waals surface area contributed by atoms with E-state index in [2.05, 4.69) is 0 Å². The highest BCUT2D eigenvalue weighted by molar-refractivity contribution is 5.48. The lowest BCUT2D eigenvalue weighted by Gasteiger charge is -2.16. The fourth-order valence-electron chi connectivity index (χ4n) is 1.70. The van der Waals surface area contributed by atoms with Gasteiger partial charge in [-0.2, -0.15) is 15.0 Å². The minimum atomic E-state index is -1.51. The third-order valence-electron chi connectivity index (χ3n) is 2.63. The predicted molar refractivity (Wildman–Crippen MR) is 60.7 cm³/mol. The van der Waals surface area contributed by atoms with Crippen LogP contribution in [0.2, 0.25) is 0 Å². The number of carbonyl (C=O) groups is 1. The molecule has 0 spiro atoms. The van der Waals surface area contributed by atoms with Gasteiger partial charge in [0, 0.05) is 18.4 Å². The van der Waals surface area contributed by atoms with Gasteiger partial charge >= 0.3 is 5.79 Å². The number of nitriles is 1. The zero-order chi connectivity index (χ0) is 12.8. The van der Waals surface area contributed by atoms with Crippen molar-refractivity contribution in [2.24, 2.45) is 0 Å². The average molecular weight is 247 g/mol. The molecule has 5 heteroatoms. The molecule has 94 valence electrons. The molecule has 1 heterocycles. The average Bonchev–Trinajstić information content (AvgIpc) is 2.85. The first-order chi connectivity index (χ1) is 8.80. The van der Waals surface area contributed by atoms with E-state index in [1.54, 1.807) is 24.3 Å². The maximum atomic E-state index is 10.2. The summed E-state index contributed by atoms with van der Waals surface area (Å²) in [4.78, 5) is 20.3. The fraction of sp³-hybridized carbons (Fsp3) is 0.385. The number of carbonyl (C=O) groups excluding carboxylic acids is 1. The number of ether oxygens (including phenoxy) is 1. The lowest BCUT2D eigenvalue weighted by molar-refractivity contribution is -0.319. The molecule has 1 aliphatic heterocycles. The Balaban J connectivity index is 2.04. The Bertz CT molecular complexity index is 442. The van der Waals surface area contributed by atoms with E-state index >= 15 is 0 Å². The molecule has 5 nitrogen and oxygen atoms in total. The number of hydrogen-bond donors (Lipinski definition) is 0. The molecule has 0 unspecified atom stereocenters. The summed E-state index contributed by atoms with van der Waals surface area (Å²) in [5.41, 5.74) is 0.588. The second kappa shape index (κ2) is 5.74. The smallest absolute Gasteiger partial charge is 0.303 e. The van der Waals surface area contributed by atoms with Gasteiger partial charge in [0.05, 0.1) is 0 Å². The highest BCUT2D eigenvalue weighted by Gasteiger charge is 2.45. The van der Waals surface area contributed by atoms with E-state index in [1.807, 2.05) is 12.1 Å². The van der Waals surface area contributed by atoms with Crippen LogP contribution in [0, 0.1) is 11.3 Å². The Morgan fingerprint density at radius 2 is 2.17 bits per heavy atom. The monoisotopic (exact) mass is 247 g/mol. The normalized spacial score (nSPS) is 26.7. The van der Waals surface area contributed by atoms with E-state index < -0.39 is 12.1 Å². The summed E-state index contributed by atoms with van der Waals surface area (Å²) < 4.78 is 5.51. The van der Waals surface area contributed by atoms with E-state index in [0.29, 0.717) is 24.8 Å². The molecule has 2 rings (SSSR count). The van der Waals surface area contributed by atoms with Crippen molar-refractivity contribution in [3.05, 3.63) is 35.9 Å². The number of benzene rings is 1. The van der Waals surface area contributed by atoms with Crippen molar-refractivity contribution < 1.29 is 19.3 Å². The van der Waals surface area contributed by atoms with Gasteiger partial charge in [0.2, 0.25) is 0 Å². The van der Waals surface area contributed by atoms with E-state index in [4.69, 9.17) is 14.5 Å². The van der Waals surface area contributed by atoms with Crippen molar-refractivity contribution in [1.82, 2.24) is 0 Å². The van der Waals surface area contributed by atoms with Crippen LogP contribution >= 0.6 is 0 Å². The first-order valence-corrected chi connectivity index (χ1v) is 5.73. The van der Waals surface area contributed by atoms with E-state index in [0.717, 1.165) is 6.29 Å². The number of nitrogens with zero attached hydrogens (tertiary/aromatic N) is 1. The van der Waals surface area contributed by atoms with Crippen molar-refractivity contribution in [3.8, 4) is 6.07 Å². The lowest BCUT2D eigenvalue weighted by Crippen LogP contribution is -2.25. The minimum absolute atomic E-state index is 0.439. The molecule has 0 aromatic heterocycles. The van der Waals surface area contributed by atoms with Gasteiger partial charge < -0.3 is 4.79 Å². The van der Waals surface area contributed by atoms with Crippen LogP contribution in [0.15, 0.2) is 30.3 Å². The summed E-state index contributed by atoms with van der Waals surface area (Å²) in [6.45, 7) is 0. The quantitative estimate of drug-likeness (QED) is 0.452. The number of aldehydes is 1. The van der Waals surface area contributed by atoms with Crippen molar-refractivity contribution in [2.75, 3.05) is 0 Å². The first kappa shape index (κ1) is 12.7. The van der Waals surface area contributed by atoms with Crippen molar-refractivity contribution in [2.45, 2.75) is 31.3 Å². The largest absolute Gasteiger partial charge is 0.318 e. The van der Waals surface area contributed by atoms with Crippen LogP contribution in [0.3, 0.4) is 0 Å². The summed E-state index contributed by atoms with van der Waals surface area (Å²) in [5.74, 6) is -1.51. The van der Waals surface area contributed by atoms with Crippen LogP contribution < -0.4 is 0 Å².